The molecule has 9 heteroatoms. The average Bonchev–Trinajstić information content (AvgIpc) is 2.96. The van der Waals surface area contributed by atoms with Gasteiger partial charge in [-0.05, 0) is 60.4 Å². The summed E-state index contributed by atoms with van der Waals surface area (Å²) in [4.78, 5) is 39.5. The van der Waals surface area contributed by atoms with Crippen molar-refractivity contribution in [1.82, 2.24) is 10.2 Å². The fourth-order valence-electron chi connectivity index (χ4n) is 4.07. The van der Waals surface area contributed by atoms with Crippen molar-refractivity contribution < 1.29 is 33.3 Å². The largest absolute Gasteiger partial charge is 0.493 e. The van der Waals surface area contributed by atoms with Crippen molar-refractivity contribution in [3.8, 4) is 23.0 Å². The van der Waals surface area contributed by atoms with Gasteiger partial charge in [-0.1, -0.05) is 48.9 Å². The molecule has 1 aliphatic rings. The van der Waals surface area contributed by atoms with Gasteiger partial charge >= 0.3 is 6.03 Å². The minimum absolute atomic E-state index is 0.0607. The Labute approximate surface area is 233 Å². The van der Waals surface area contributed by atoms with E-state index >= 15 is 0 Å². The van der Waals surface area contributed by atoms with Crippen LogP contribution in [0.4, 0.5) is 4.79 Å². The van der Waals surface area contributed by atoms with E-state index in [1.807, 2.05) is 38.1 Å². The number of nitrogens with one attached hydrogen (secondary N) is 1. The molecular formula is C31H32N2O7. The minimum Gasteiger partial charge on any atom is -0.493 e. The monoisotopic (exact) mass is 544 g/mol. The van der Waals surface area contributed by atoms with Crippen LogP contribution in [0.25, 0.3) is 6.08 Å². The van der Waals surface area contributed by atoms with E-state index in [2.05, 4.69) is 5.32 Å². The van der Waals surface area contributed by atoms with Crippen molar-refractivity contribution in [3.05, 3.63) is 88.5 Å². The van der Waals surface area contributed by atoms with E-state index < -0.39 is 17.8 Å². The van der Waals surface area contributed by atoms with Gasteiger partial charge in [0.2, 0.25) is 0 Å². The van der Waals surface area contributed by atoms with Crippen LogP contribution < -0.4 is 24.3 Å². The highest BCUT2D eigenvalue weighted by molar-refractivity contribution is 6.30. The first-order chi connectivity index (χ1) is 19.3. The van der Waals surface area contributed by atoms with Crippen LogP contribution in [0.5, 0.6) is 23.0 Å². The summed E-state index contributed by atoms with van der Waals surface area (Å²) in [5.74, 6) is 0.527. The van der Waals surface area contributed by atoms with Crippen LogP contribution in [0, 0.1) is 6.92 Å². The van der Waals surface area contributed by atoms with Gasteiger partial charge in [0.05, 0.1) is 27.4 Å². The Balaban J connectivity index is 1.52. The number of urea groups is 1. The number of hydrogen-bond donors (Lipinski definition) is 1. The number of imide groups is 2. The molecule has 9 nitrogen and oxygen atoms in total. The first-order valence-electron chi connectivity index (χ1n) is 12.9. The van der Waals surface area contributed by atoms with Crippen molar-refractivity contribution >= 4 is 23.9 Å². The molecule has 1 heterocycles. The van der Waals surface area contributed by atoms with E-state index in [4.69, 9.17) is 18.9 Å². The second-order valence-corrected chi connectivity index (χ2v) is 9.23. The predicted octanol–water partition coefficient (Wildman–Crippen LogP) is 5.04. The normalized spacial score (nSPS) is 14.2. The van der Waals surface area contributed by atoms with E-state index in [1.54, 1.807) is 36.4 Å². The highest BCUT2D eigenvalue weighted by Gasteiger charge is 2.35. The van der Waals surface area contributed by atoms with Crippen molar-refractivity contribution in [1.29, 1.82) is 0 Å². The zero-order chi connectivity index (χ0) is 28.6. The lowest BCUT2D eigenvalue weighted by Gasteiger charge is -2.26. The highest BCUT2D eigenvalue weighted by atomic mass is 16.5. The van der Waals surface area contributed by atoms with Gasteiger partial charge in [0, 0.05) is 0 Å². The standard InChI is InChI=1S/C31H32N2O7/c1-5-14-39-25-13-11-23(17-28(25)38-4)18-33-30(35)24(29(34)32-31(33)36)15-22-10-12-26(27(16-22)37-3)40-19-21-8-6-20(2)7-9-21/h6-13,15-17H,5,14,18-19H2,1-4H3,(H,32,34,36)/b24-15+. The van der Waals surface area contributed by atoms with Gasteiger partial charge < -0.3 is 18.9 Å². The molecule has 3 aromatic carbocycles. The van der Waals surface area contributed by atoms with Crippen LogP contribution in [0.2, 0.25) is 0 Å². The van der Waals surface area contributed by atoms with E-state index in [0.717, 1.165) is 22.4 Å². The molecule has 0 spiro atoms. The summed E-state index contributed by atoms with van der Waals surface area (Å²) in [5, 5.41) is 2.25. The number of benzene rings is 3. The van der Waals surface area contributed by atoms with Gasteiger partial charge in [-0.2, -0.15) is 0 Å². The maximum atomic E-state index is 13.3. The molecule has 3 aromatic rings. The van der Waals surface area contributed by atoms with E-state index in [9.17, 15) is 14.4 Å². The molecule has 0 aliphatic carbocycles. The summed E-state index contributed by atoms with van der Waals surface area (Å²) in [5.41, 5.74) is 3.16. The van der Waals surface area contributed by atoms with Gasteiger partial charge in [0.25, 0.3) is 11.8 Å². The molecule has 0 saturated carbocycles. The lowest BCUT2D eigenvalue weighted by Crippen LogP contribution is -2.53. The number of hydrogen-bond acceptors (Lipinski definition) is 7. The molecule has 1 fully saturated rings. The molecule has 4 rings (SSSR count). The first kappa shape index (κ1) is 28.2. The van der Waals surface area contributed by atoms with Crippen molar-refractivity contribution in [2.24, 2.45) is 0 Å². The average molecular weight is 545 g/mol. The molecule has 4 amide bonds. The molecule has 1 saturated heterocycles. The third kappa shape index (κ3) is 6.61. The number of amides is 4. The minimum atomic E-state index is -0.796. The molecule has 208 valence electrons. The van der Waals surface area contributed by atoms with E-state index in [1.165, 1.54) is 20.3 Å². The Kier molecular flexibility index (Phi) is 9.06. The Bertz CT molecular complexity index is 1430. The SMILES string of the molecule is CCCOc1ccc(CN2C(=O)NC(=O)/C(=C\c3ccc(OCc4ccc(C)cc4)c(OC)c3)C2=O)cc1OC. The number of ether oxygens (including phenoxy) is 4. The maximum Gasteiger partial charge on any atom is 0.331 e. The summed E-state index contributed by atoms with van der Waals surface area (Å²) in [6.07, 6.45) is 2.26. The van der Waals surface area contributed by atoms with Crippen LogP contribution in [0.3, 0.4) is 0 Å². The molecule has 0 atom stereocenters. The number of carbonyl (C=O) groups excluding carboxylic acids is 3. The molecule has 1 aliphatic heterocycles. The summed E-state index contributed by atoms with van der Waals surface area (Å²) in [6.45, 7) is 4.84. The maximum absolute atomic E-state index is 13.3. The summed E-state index contributed by atoms with van der Waals surface area (Å²) < 4.78 is 22.5. The molecule has 0 bridgehead atoms. The Morgan fingerprint density at radius 2 is 1.45 bits per heavy atom. The lowest BCUT2D eigenvalue weighted by molar-refractivity contribution is -0.130. The van der Waals surface area contributed by atoms with E-state index in [-0.39, 0.29) is 12.1 Å². The lowest BCUT2D eigenvalue weighted by atomic mass is 10.1. The van der Waals surface area contributed by atoms with E-state index in [0.29, 0.717) is 47.3 Å². The number of carbonyl (C=O) groups is 3. The van der Waals surface area contributed by atoms with Crippen LogP contribution in [0.15, 0.2) is 66.2 Å². The summed E-state index contributed by atoms with van der Waals surface area (Å²) in [7, 11) is 3.03. The molecule has 40 heavy (non-hydrogen) atoms. The molecule has 0 unspecified atom stereocenters. The highest BCUT2D eigenvalue weighted by Crippen LogP contribution is 2.31. The van der Waals surface area contributed by atoms with Gasteiger partial charge in [-0.3, -0.25) is 19.8 Å². The van der Waals surface area contributed by atoms with Crippen molar-refractivity contribution in [2.45, 2.75) is 33.4 Å². The number of methoxy groups -OCH3 is 2. The molecule has 1 N–H and O–H groups in total. The second-order valence-electron chi connectivity index (χ2n) is 9.23. The number of barbiturate groups is 1. The predicted molar refractivity (Wildman–Crippen MR) is 149 cm³/mol. The quantitative estimate of drug-likeness (QED) is 0.266. The van der Waals surface area contributed by atoms with Gasteiger partial charge in [0.15, 0.2) is 23.0 Å². The van der Waals surface area contributed by atoms with Crippen molar-refractivity contribution in [2.75, 3.05) is 20.8 Å². The number of nitrogens with zero attached hydrogens (tertiary/aromatic N) is 1. The second kappa shape index (κ2) is 12.8. The molecule has 0 radical (unpaired) electrons. The molecular weight excluding hydrogens is 512 g/mol. The molecule has 0 aromatic heterocycles. The fraction of sp³-hybridized carbons (Fsp3) is 0.258. The summed E-state index contributed by atoms with van der Waals surface area (Å²) >= 11 is 0. The van der Waals surface area contributed by atoms with Crippen LogP contribution in [0.1, 0.15) is 35.6 Å². The summed E-state index contributed by atoms with van der Waals surface area (Å²) in [6, 6.07) is 17.5. The zero-order valence-corrected chi connectivity index (χ0v) is 23.0. The van der Waals surface area contributed by atoms with Crippen molar-refractivity contribution in [3.63, 3.8) is 0 Å². The topological polar surface area (TPSA) is 103 Å². The number of aryl methyl sites for hydroxylation is 1. The first-order valence-corrected chi connectivity index (χ1v) is 12.9. The zero-order valence-electron chi connectivity index (χ0n) is 23.0. The van der Waals surface area contributed by atoms with Crippen LogP contribution >= 0.6 is 0 Å². The van der Waals surface area contributed by atoms with Gasteiger partial charge in [0.1, 0.15) is 12.2 Å². The van der Waals surface area contributed by atoms with Gasteiger partial charge in [-0.15, -0.1) is 0 Å². The Morgan fingerprint density at radius 3 is 2.15 bits per heavy atom. The third-order valence-electron chi connectivity index (χ3n) is 6.23. The van der Waals surface area contributed by atoms with Crippen LogP contribution in [-0.4, -0.2) is 43.6 Å². The fourth-order valence-corrected chi connectivity index (χ4v) is 4.07. The third-order valence-corrected chi connectivity index (χ3v) is 6.23. The van der Waals surface area contributed by atoms with Gasteiger partial charge in [-0.25, -0.2) is 4.79 Å². The Morgan fingerprint density at radius 1 is 0.800 bits per heavy atom. The number of rotatable bonds is 11. The smallest absolute Gasteiger partial charge is 0.331 e. The Hall–Kier alpha value is -4.79. The van der Waals surface area contributed by atoms with Crippen LogP contribution in [-0.2, 0) is 22.7 Å².